The molecule has 0 fully saturated rings. The predicted molar refractivity (Wildman–Crippen MR) is 114 cm³/mol. The third-order valence-corrected chi connectivity index (χ3v) is 4.01. The Morgan fingerprint density at radius 2 is 2.24 bits per heavy atom. The van der Waals surface area contributed by atoms with E-state index in [2.05, 4.69) is 34.5 Å². The summed E-state index contributed by atoms with van der Waals surface area (Å²) in [6.45, 7) is 7.26. The van der Waals surface area contributed by atoms with Gasteiger partial charge in [0.1, 0.15) is 6.26 Å². The number of guanidine groups is 1. The molecule has 0 saturated heterocycles. The molecule has 2 aromatic heterocycles. The van der Waals surface area contributed by atoms with E-state index in [1.807, 2.05) is 17.5 Å². The molecule has 0 aliphatic carbocycles. The van der Waals surface area contributed by atoms with Crippen LogP contribution in [0, 0.1) is 5.92 Å². The van der Waals surface area contributed by atoms with Gasteiger partial charge in [-0.15, -0.1) is 35.3 Å². The fourth-order valence-corrected chi connectivity index (χ4v) is 2.65. The molecule has 0 aliphatic rings. The van der Waals surface area contributed by atoms with E-state index < -0.39 is 0 Å². The zero-order valence-electron chi connectivity index (χ0n) is 14.9. The van der Waals surface area contributed by atoms with Crippen molar-refractivity contribution in [2.75, 3.05) is 26.8 Å². The average molecular weight is 478 g/mol. The molecule has 25 heavy (non-hydrogen) atoms. The smallest absolute Gasteiger partial charge is 0.236 e. The highest BCUT2D eigenvalue weighted by Gasteiger charge is 2.08. The molecule has 0 unspecified atom stereocenters. The van der Waals surface area contributed by atoms with Crippen molar-refractivity contribution in [2.45, 2.75) is 26.8 Å². The summed E-state index contributed by atoms with van der Waals surface area (Å²) in [7, 11) is 1.75. The van der Waals surface area contributed by atoms with Gasteiger partial charge in [-0.2, -0.15) is 0 Å². The maximum Gasteiger partial charge on any atom is 0.236 e. The van der Waals surface area contributed by atoms with Crippen molar-refractivity contribution in [3.8, 4) is 10.8 Å². The number of thiophene rings is 1. The van der Waals surface area contributed by atoms with E-state index in [0.717, 1.165) is 42.7 Å². The van der Waals surface area contributed by atoms with Crippen LogP contribution in [0.15, 0.2) is 33.2 Å². The van der Waals surface area contributed by atoms with E-state index in [-0.39, 0.29) is 24.0 Å². The molecule has 2 aromatic rings. The number of nitrogens with zero attached hydrogens (tertiary/aromatic N) is 2. The second kappa shape index (κ2) is 12.3. The van der Waals surface area contributed by atoms with Crippen LogP contribution in [-0.4, -0.2) is 37.7 Å². The molecule has 0 aromatic carbocycles. The van der Waals surface area contributed by atoms with Crippen molar-refractivity contribution < 1.29 is 9.15 Å². The standard InChI is InChI=1S/C17H26N4O2S.HI/c1-13(2)11-22-8-5-7-19-17(18-3)20-10-14-12-23-16(21-14)15-6-4-9-24-15;/h4,6,9,12-13H,5,7-8,10-11H2,1-3H3,(H2,18,19,20);1H. The second-order valence-corrected chi connectivity index (χ2v) is 6.74. The van der Waals surface area contributed by atoms with Gasteiger partial charge in [-0.05, 0) is 23.8 Å². The molecule has 0 bridgehead atoms. The van der Waals surface area contributed by atoms with Crippen molar-refractivity contribution in [3.63, 3.8) is 0 Å². The fourth-order valence-electron chi connectivity index (χ4n) is 2.00. The number of nitrogens with one attached hydrogen (secondary N) is 2. The van der Waals surface area contributed by atoms with Crippen LogP contribution >= 0.6 is 35.3 Å². The maximum absolute atomic E-state index is 5.56. The van der Waals surface area contributed by atoms with Crippen molar-refractivity contribution in [1.82, 2.24) is 15.6 Å². The Hall–Kier alpha value is -1.13. The first-order chi connectivity index (χ1) is 11.7. The van der Waals surface area contributed by atoms with Crippen LogP contribution in [0.25, 0.3) is 10.8 Å². The van der Waals surface area contributed by atoms with Crippen LogP contribution in [0.5, 0.6) is 0 Å². The summed E-state index contributed by atoms with van der Waals surface area (Å²) in [6, 6.07) is 3.98. The van der Waals surface area contributed by atoms with E-state index in [4.69, 9.17) is 9.15 Å². The summed E-state index contributed by atoms with van der Waals surface area (Å²) in [5.74, 6) is 1.99. The van der Waals surface area contributed by atoms with E-state index in [1.165, 1.54) is 0 Å². The average Bonchev–Trinajstić information content (AvgIpc) is 3.24. The summed E-state index contributed by atoms with van der Waals surface area (Å²) in [5.41, 5.74) is 0.849. The normalized spacial score (nSPS) is 11.4. The first kappa shape index (κ1) is 21.9. The molecule has 0 spiro atoms. The zero-order valence-corrected chi connectivity index (χ0v) is 18.1. The van der Waals surface area contributed by atoms with E-state index >= 15 is 0 Å². The number of hydrogen-bond donors (Lipinski definition) is 2. The lowest BCUT2D eigenvalue weighted by Gasteiger charge is -2.11. The number of aromatic nitrogens is 1. The Morgan fingerprint density at radius 3 is 2.92 bits per heavy atom. The molecule has 0 amide bonds. The Bertz CT molecular complexity index is 614. The molecular formula is C17H27IN4O2S. The molecule has 2 heterocycles. The summed E-state index contributed by atoms with van der Waals surface area (Å²) in [4.78, 5) is 9.71. The molecule has 140 valence electrons. The molecule has 0 aliphatic heterocycles. The molecule has 6 nitrogen and oxygen atoms in total. The van der Waals surface area contributed by atoms with Crippen molar-refractivity contribution >= 4 is 41.3 Å². The van der Waals surface area contributed by atoms with Crippen LogP contribution in [-0.2, 0) is 11.3 Å². The third kappa shape index (κ3) is 8.19. The first-order valence-electron chi connectivity index (χ1n) is 8.19. The van der Waals surface area contributed by atoms with Gasteiger partial charge in [0.15, 0.2) is 5.96 Å². The van der Waals surface area contributed by atoms with Crippen LogP contribution in [0.2, 0.25) is 0 Å². The fraction of sp³-hybridized carbons (Fsp3) is 0.529. The van der Waals surface area contributed by atoms with Crippen molar-refractivity contribution in [1.29, 1.82) is 0 Å². The number of hydrogen-bond acceptors (Lipinski definition) is 5. The lowest BCUT2D eigenvalue weighted by molar-refractivity contribution is 0.108. The monoisotopic (exact) mass is 478 g/mol. The van der Waals surface area contributed by atoms with Gasteiger partial charge in [0.2, 0.25) is 5.89 Å². The summed E-state index contributed by atoms with van der Waals surface area (Å²) < 4.78 is 11.1. The molecular weight excluding hydrogens is 451 g/mol. The Balaban J connectivity index is 0.00000312. The molecule has 8 heteroatoms. The molecule has 0 radical (unpaired) electrons. The van der Waals surface area contributed by atoms with Gasteiger partial charge in [0.25, 0.3) is 0 Å². The Morgan fingerprint density at radius 1 is 1.40 bits per heavy atom. The van der Waals surface area contributed by atoms with Gasteiger partial charge in [-0.25, -0.2) is 4.98 Å². The van der Waals surface area contributed by atoms with Gasteiger partial charge in [0.05, 0.1) is 17.1 Å². The number of ether oxygens (including phenoxy) is 1. The second-order valence-electron chi connectivity index (χ2n) is 5.80. The number of oxazole rings is 1. The van der Waals surface area contributed by atoms with Gasteiger partial charge in [-0.1, -0.05) is 19.9 Å². The molecule has 0 saturated carbocycles. The van der Waals surface area contributed by atoms with Gasteiger partial charge < -0.3 is 19.8 Å². The van der Waals surface area contributed by atoms with E-state index in [9.17, 15) is 0 Å². The predicted octanol–water partition coefficient (Wildman–Crippen LogP) is 3.75. The minimum Gasteiger partial charge on any atom is -0.443 e. The third-order valence-electron chi connectivity index (χ3n) is 3.15. The summed E-state index contributed by atoms with van der Waals surface area (Å²) in [6.07, 6.45) is 2.62. The topological polar surface area (TPSA) is 71.7 Å². The maximum atomic E-state index is 5.56. The number of rotatable bonds is 9. The van der Waals surface area contributed by atoms with Crippen LogP contribution in [0.4, 0.5) is 0 Å². The first-order valence-corrected chi connectivity index (χ1v) is 9.07. The Labute approximate surface area is 170 Å². The Kier molecular flexibility index (Phi) is 10.7. The van der Waals surface area contributed by atoms with Crippen LogP contribution in [0.3, 0.4) is 0 Å². The summed E-state index contributed by atoms with van der Waals surface area (Å²) >= 11 is 1.61. The molecule has 0 atom stereocenters. The van der Waals surface area contributed by atoms with Gasteiger partial charge in [-0.3, -0.25) is 4.99 Å². The van der Waals surface area contributed by atoms with E-state index in [1.54, 1.807) is 24.6 Å². The minimum absolute atomic E-state index is 0. The van der Waals surface area contributed by atoms with E-state index in [0.29, 0.717) is 18.4 Å². The van der Waals surface area contributed by atoms with Crippen LogP contribution < -0.4 is 10.6 Å². The van der Waals surface area contributed by atoms with Crippen LogP contribution in [0.1, 0.15) is 26.0 Å². The van der Waals surface area contributed by atoms with Gasteiger partial charge in [0, 0.05) is 26.8 Å². The zero-order chi connectivity index (χ0) is 17.2. The quantitative estimate of drug-likeness (QED) is 0.249. The lowest BCUT2D eigenvalue weighted by atomic mass is 10.2. The van der Waals surface area contributed by atoms with Crippen molar-refractivity contribution in [3.05, 3.63) is 29.5 Å². The number of aliphatic imine (C=N–C) groups is 1. The SMILES string of the molecule is CN=C(NCCCOCC(C)C)NCc1coc(-c2cccs2)n1.I. The highest BCUT2D eigenvalue weighted by molar-refractivity contribution is 14.0. The molecule has 2 rings (SSSR count). The number of halogens is 1. The highest BCUT2D eigenvalue weighted by Crippen LogP contribution is 2.23. The highest BCUT2D eigenvalue weighted by atomic mass is 127. The largest absolute Gasteiger partial charge is 0.443 e. The summed E-state index contributed by atoms with van der Waals surface area (Å²) in [5, 5.41) is 8.51. The minimum atomic E-state index is 0. The van der Waals surface area contributed by atoms with Gasteiger partial charge >= 0.3 is 0 Å². The van der Waals surface area contributed by atoms with Crippen molar-refractivity contribution in [2.24, 2.45) is 10.9 Å². The lowest BCUT2D eigenvalue weighted by Crippen LogP contribution is -2.37. The molecule has 2 N–H and O–H groups in total.